The lowest BCUT2D eigenvalue weighted by molar-refractivity contribution is -0.277. The Labute approximate surface area is 216 Å². The van der Waals surface area contributed by atoms with Crippen LogP contribution in [0.15, 0.2) is 35.9 Å². The third kappa shape index (κ3) is 2.54. The van der Waals surface area contributed by atoms with Crippen LogP contribution < -0.4 is 0 Å². The number of nitrogens with one attached hydrogen (secondary N) is 1. The highest BCUT2D eigenvalue weighted by Crippen LogP contribution is 2.72. The Hall–Kier alpha value is -2.48. The number of aromatic nitrogens is 1. The van der Waals surface area contributed by atoms with E-state index in [1.165, 1.54) is 10.9 Å². The van der Waals surface area contributed by atoms with E-state index in [-0.39, 0.29) is 24.1 Å². The number of hydrogen-bond acceptors (Lipinski definition) is 6. The highest BCUT2D eigenvalue weighted by molar-refractivity contribution is 5.97. The largest absolute Gasteiger partial charge is 0.459 e. The number of hydrogen-bond donors (Lipinski definition) is 2. The molecule has 3 heterocycles. The SMILES string of the molecule is CCC(=O)O[C@H]1C[C@H]2Cc3c([nH]c4ccccc34)[C@]2(C)C2(C)CC[C@@]34OC(C(=O)C=C3[C@]12O)C(C)(C)O4. The van der Waals surface area contributed by atoms with E-state index in [1.54, 1.807) is 13.0 Å². The second-order valence-electron chi connectivity index (χ2n) is 12.7. The summed E-state index contributed by atoms with van der Waals surface area (Å²) < 4.78 is 19.0. The zero-order valence-corrected chi connectivity index (χ0v) is 22.1. The summed E-state index contributed by atoms with van der Waals surface area (Å²) in [5.41, 5.74) is 0.223. The number of H-pyrrole nitrogens is 1. The van der Waals surface area contributed by atoms with Crippen molar-refractivity contribution >= 4 is 22.7 Å². The molecular formula is C30H35NO6. The van der Waals surface area contributed by atoms with Crippen LogP contribution in [-0.2, 0) is 35.6 Å². The monoisotopic (exact) mass is 505 g/mol. The Morgan fingerprint density at radius 2 is 1.95 bits per heavy atom. The van der Waals surface area contributed by atoms with Crippen LogP contribution >= 0.6 is 0 Å². The molecule has 2 unspecified atom stereocenters. The second kappa shape index (κ2) is 6.93. The van der Waals surface area contributed by atoms with E-state index in [0.29, 0.717) is 24.8 Å². The van der Waals surface area contributed by atoms with Crippen molar-refractivity contribution in [1.29, 1.82) is 0 Å². The molecule has 1 saturated heterocycles. The van der Waals surface area contributed by atoms with Crippen LogP contribution in [0.1, 0.15) is 71.6 Å². The minimum atomic E-state index is -1.65. The molecule has 2 aromatic rings. The van der Waals surface area contributed by atoms with Crippen molar-refractivity contribution in [3.05, 3.63) is 47.2 Å². The lowest BCUT2D eigenvalue weighted by atomic mass is 9.41. The molecule has 37 heavy (non-hydrogen) atoms. The van der Waals surface area contributed by atoms with Crippen LogP contribution in [-0.4, -0.2) is 51.0 Å². The molecular weight excluding hydrogens is 470 g/mol. The number of fused-ring (bicyclic) bond motifs is 9. The Bertz CT molecular complexity index is 1410. The van der Waals surface area contributed by atoms with E-state index in [0.717, 1.165) is 17.6 Å². The molecule has 5 aliphatic rings. The molecule has 3 aliphatic carbocycles. The van der Waals surface area contributed by atoms with Gasteiger partial charge in [-0.2, -0.15) is 0 Å². The van der Waals surface area contributed by atoms with E-state index in [2.05, 4.69) is 37.0 Å². The molecule has 2 bridgehead atoms. The first kappa shape index (κ1) is 23.6. The Morgan fingerprint density at radius 1 is 1.19 bits per heavy atom. The number of carbonyl (C=O) groups is 2. The van der Waals surface area contributed by atoms with E-state index in [9.17, 15) is 14.7 Å². The predicted molar refractivity (Wildman–Crippen MR) is 136 cm³/mol. The third-order valence-electron chi connectivity index (χ3n) is 10.8. The number of aliphatic hydroxyl groups is 1. The van der Waals surface area contributed by atoms with Crippen molar-refractivity contribution in [3.8, 4) is 0 Å². The van der Waals surface area contributed by atoms with Crippen molar-refractivity contribution in [1.82, 2.24) is 4.98 Å². The van der Waals surface area contributed by atoms with E-state index < -0.39 is 40.0 Å². The third-order valence-corrected chi connectivity index (χ3v) is 10.8. The molecule has 3 fully saturated rings. The highest BCUT2D eigenvalue weighted by atomic mass is 16.8. The minimum absolute atomic E-state index is 0.154. The van der Waals surface area contributed by atoms with Crippen LogP contribution in [0.3, 0.4) is 0 Å². The maximum atomic E-state index is 13.3. The fraction of sp³-hybridized carbons (Fsp3) is 0.600. The quantitative estimate of drug-likeness (QED) is 0.592. The van der Waals surface area contributed by atoms with Gasteiger partial charge in [-0.1, -0.05) is 39.0 Å². The first-order chi connectivity index (χ1) is 17.4. The molecule has 2 aliphatic heterocycles. The molecule has 1 aromatic heterocycles. The minimum Gasteiger partial charge on any atom is -0.459 e. The number of aromatic amines is 1. The van der Waals surface area contributed by atoms with Crippen LogP contribution in [0, 0.1) is 11.3 Å². The number of rotatable bonds is 2. The van der Waals surface area contributed by atoms with E-state index in [1.807, 2.05) is 19.9 Å². The molecule has 0 amide bonds. The summed E-state index contributed by atoms with van der Waals surface area (Å²) in [7, 11) is 0. The normalized spacial score (nSPS) is 43.0. The number of para-hydroxylation sites is 1. The molecule has 1 spiro atoms. The number of carbonyl (C=O) groups excluding carboxylic acids is 2. The molecule has 2 N–H and O–H groups in total. The van der Waals surface area contributed by atoms with Gasteiger partial charge in [-0.05, 0) is 56.7 Å². The van der Waals surface area contributed by atoms with Gasteiger partial charge in [-0.3, -0.25) is 9.59 Å². The van der Waals surface area contributed by atoms with Crippen molar-refractivity contribution in [3.63, 3.8) is 0 Å². The van der Waals surface area contributed by atoms with Crippen LogP contribution in [0.2, 0.25) is 0 Å². The lowest BCUT2D eigenvalue weighted by Crippen LogP contribution is -2.75. The van der Waals surface area contributed by atoms with Gasteiger partial charge in [0.05, 0.1) is 0 Å². The van der Waals surface area contributed by atoms with Gasteiger partial charge < -0.3 is 24.3 Å². The fourth-order valence-electron chi connectivity index (χ4n) is 8.77. The average Bonchev–Trinajstić information content (AvgIpc) is 3.44. The van der Waals surface area contributed by atoms with Gasteiger partial charge in [0.1, 0.15) is 17.3 Å². The molecule has 7 nitrogen and oxygen atoms in total. The van der Waals surface area contributed by atoms with Crippen molar-refractivity contribution in [2.75, 3.05) is 0 Å². The smallest absolute Gasteiger partial charge is 0.305 e. The number of ketones is 1. The zero-order chi connectivity index (χ0) is 26.2. The maximum absolute atomic E-state index is 13.3. The second-order valence-corrected chi connectivity index (χ2v) is 12.7. The van der Waals surface area contributed by atoms with Gasteiger partial charge in [-0.15, -0.1) is 0 Å². The molecule has 7 rings (SSSR count). The van der Waals surface area contributed by atoms with Crippen LogP contribution in [0.5, 0.6) is 0 Å². The van der Waals surface area contributed by atoms with Crippen molar-refractivity contribution < 1.29 is 28.9 Å². The Kier molecular flexibility index (Phi) is 4.42. The van der Waals surface area contributed by atoms with Crippen molar-refractivity contribution in [2.24, 2.45) is 11.3 Å². The zero-order valence-electron chi connectivity index (χ0n) is 22.1. The summed E-state index contributed by atoms with van der Waals surface area (Å²) in [5, 5.41) is 14.3. The molecule has 196 valence electrons. The Morgan fingerprint density at radius 3 is 2.70 bits per heavy atom. The van der Waals surface area contributed by atoms with Crippen LogP contribution in [0.25, 0.3) is 10.9 Å². The number of benzene rings is 1. The summed E-state index contributed by atoms with van der Waals surface area (Å²) in [6.45, 7) is 9.83. The predicted octanol–water partition coefficient (Wildman–Crippen LogP) is 4.25. The summed E-state index contributed by atoms with van der Waals surface area (Å²) in [6.07, 6.45) is 2.64. The standard InChI is InChI=1S/C30H35NO6/c1-6-23(33)35-22-14-16-13-18-17-9-7-8-10-19(17)31-24(18)28(16,5)27(4)11-12-29-21(30(22,27)34)15-20(32)25(36-29)26(2,3)37-29/h7-10,15-16,22,25,31,34H,6,11-14H2,1-5H3/t16-,22+,25?,27?,28-,29+,30+/m1/s1. The van der Waals surface area contributed by atoms with Crippen LogP contribution in [0.4, 0.5) is 0 Å². The highest BCUT2D eigenvalue weighted by Gasteiger charge is 2.78. The van der Waals surface area contributed by atoms with Gasteiger partial charge >= 0.3 is 5.97 Å². The topological polar surface area (TPSA) is 97.9 Å². The molecule has 1 aromatic carbocycles. The summed E-state index contributed by atoms with van der Waals surface area (Å²) >= 11 is 0. The fourth-order valence-corrected chi connectivity index (χ4v) is 8.77. The summed E-state index contributed by atoms with van der Waals surface area (Å²) in [6, 6.07) is 8.33. The van der Waals surface area contributed by atoms with Gasteiger partial charge in [0.2, 0.25) is 0 Å². The van der Waals surface area contributed by atoms with E-state index in [4.69, 9.17) is 14.2 Å². The summed E-state index contributed by atoms with van der Waals surface area (Å²) in [4.78, 5) is 29.8. The van der Waals surface area contributed by atoms with Gasteiger partial charge in [0.25, 0.3) is 0 Å². The Balaban J connectivity index is 1.46. The lowest BCUT2D eigenvalue weighted by Gasteiger charge is -2.67. The number of esters is 1. The van der Waals surface area contributed by atoms with Crippen molar-refractivity contribution in [2.45, 2.75) is 101 Å². The number of ether oxygens (including phenoxy) is 3. The first-order valence-corrected chi connectivity index (χ1v) is 13.6. The summed E-state index contributed by atoms with van der Waals surface area (Å²) in [5.74, 6) is -1.63. The van der Waals surface area contributed by atoms with Gasteiger partial charge in [0, 0.05) is 45.8 Å². The molecule has 0 radical (unpaired) electrons. The molecule has 7 heteroatoms. The van der Waals surface area contributed by atoms with Gasteiger partial charge in [-0.25, -0.2) is 0 Å². The molecule has 7 atom stereocenters. The average molecular weight is 506 g/mol. The molecule has 2 saturated carbocycles. The van der Waals surface area contributed by atoms with E-state index >= 15 is 0 Å². The maximum Gasteiger partial charge on any atom is 0.305 e. The first-order valence-electron chi connectivity index (χ1n) is 13.6. The van der Waals surface area contributed by atoms with Gasteiger partial charge in [0.15, 0.2) is 17.7 Å².